The fraction of sp³-hybridized carbons (Fsp3) is 0.250. The van der Waals surface area contributed by atoms with Crippen molar-refractivity contribution in [3.63, 3.8) is 0 Å². The molecule has 0 aliphatic carbocycles. The zero-order valence-corrected chi connectivity index (χ0v) is 18.2. The first kappa shape index (κ1) is 19.4. The van der Waals surface area contributed by atoms with Gasteiger partial charge in [0, 0.05) is 11.6 Å². The number of para-hydroxylation sites is 2. The highest BCUT2D eigenvalue weighted by atomic mass is 35.5. The van der Waals surface area contributed by atoms with Crippen molar-refractivity contribution in [2.24, 2.45) is 0 Å². The summed E-state index contributed by atoms with van der Waals surface area (Å²) in [7, 11) is 0. The second-order valence-corrected chi connectivity index (χ2v) is 8.60. The van der Waals surface area contributed by atoms with Gasteiger partial charge in [-0.25, -0.2) is 15.0 Å². The fourth-order valence-electron chi connectivity index (χ4n) is 4.38. The maximum Gasteiger partial charge on any atom is 0.265 e. The Balaban J connectivity index is 1.69. The number of nitrogens with zero attached hydrogens (tertiary/aromatic N) is 5. The van der Waals surface area contributed by atoms with Gasteiger partial charge in [-0.3, -0.25) is 13.9 Å². The van der Waals surface area contributed by atoms with Crippen LogP contribution < -0.4 is 5.56 Å². The Morgan fingerprint density at radius 3 is 2.69 bits per heavy atom. The maximum absolute atomic E-state index is 13.6. The molecule has 0 N–H and O–H groups in total. The molecule has 1 saturated heterocycles. The Bertz CT molecular complexity index is 1570. The molecular weight excluding hydrogens is 426 g/mol. The number of aryl methyl sites for hydroxylation is 1. The van der Waals surface area contributed by atoms with E-state index >= 15 is 0 Å². The van der Waals surface area contributed by atoms with Crippen LogP contribution in [0.15, 0.2) is 53.6 Å². The van der Waals surface area contributed by atoms with E-state index in [0.29, 0.717) is 33.8 Å². The highest BCUT2D eigenvalue weighted by Gasteiger charge is 2.23. The monoisotopic (exact) mass is 445 g/mol. The van der Waals surface area contributed by atoms with Gasteiger partial charge in [-0.2, -0.15) is 0 Å². The van der Waals surface area contributed by atoms with Crippen molar-refractivity contribution in [2.45, 2.75) is 32.4 Å². The molecule has 2 aromatic carbocycles. The van der Waals surface area contributed by atoms with Gasteiger partial charge in [0.2, 0.25) is 0 Å². The molecule has 1 aliphatic heterocycles. The summed E-state index contributed by atoms with van der Waals surface area (Å²) in [4.78, 5) is 28.0. The molecule has 8 heteroatoms. The largest absolute Gasteiger partial charge is 0.376 e. The van der Waals surface area contributed by atoms with Crippen LogP contribution in [0, 0.1) is 6.92 Å². The molecule has 1 atom stereocenters. The maximum atomic E-state index is 13.6. The zero-order valence-electron chi connectivity index (χ0n) is 17.5. The van der Waals surface area contributed by atoms with Crippen LogP contribution in [-0.4, -0.2) is 36.8 Å². The molecule has 1 aliphatic rings. The van der Waals surface area contributed by atoms with Gasteiger partial charge in [0.05, 0.1) is 29.4 Å². The quantitative estimate of drug-likeness (QED) is 0.411. The molecule has 1 fully saturated rings. The Morgan fingerprint density at radius 2 is 1.94 bits per heavy atom. The smallest absolute Gasteiger partial charge is 0.265 e. The van der Waals surface area contributed by atoms with Crippen LogP contribution in [0.5, 0.6) is 0 Å². The van der Waals surface area contributed by atoms with Gasteiger partial charge < -0.3 is 4.74 Å². The lowest BCUT2D eigenvalue weighted by Gasteiger charge is -2.12. The van der Waals surface area contributed by atoms with Crippen molar-refractivity contribution < 1.29 is 4.74 Å². The molecule has 0 radical (unpaired) electrons. The third-order valence-electron chi connectivity index (χ3n) is 6.07. The molecule has 0 amide bonds. The predicted octanol–water partition coefficient (Wildman–Crippen LogP) is 4.42. The van der Waals surface area contributed by atoms with Crippen LogP contribution in [0.4, 0.5) is 0 Å². The highest BCUT2D eigenvalue weighted by molar-refractivity contribution is 6.31. The lowest BCUT2D eigenvalue weighted by Crippen LogP contribution is -2.26. The standard InChI is InChI=1S/C24H20ClN5O2/c1-14-8-9-15(11-17(14)25)30-22-20(21-23(30)28-19-7-3-2-6-18(19)27-21)24(31)29(13-26-22)12-16-5-4-10-32-16/h2-3,6-9,11,13,16H,4-5,10,12H2,1H3. The first-order valence-corrected chi connectivity index (χ1v) is 11.0. The minimum atomic E-state index is -0.142. The summed E-state index contributed by atoms with van der Waals surface area (Å²) in [5.41, 5.74) is 4.74. The molecule has 3 aromatic heterocycles. The molecule has 0 bridgehead atoms. The number of ether oxygens (including phenoxy) is 1. The molecule has 32 heavy (non-hydrogen) atoms. The second-order valence-electron chi connectivity index (χ2n) is 8.19. The summed E-state index contributed by atoms with van der Waals surface area (Å²) in [6.45, 7) is 3.17. The van der Waals surface area contributed by atoms with Gasteiger partial charge in [-0.05, 0) is 49.6 Å². The number of benzene rings is 2. The predicted molar refractivity (Wildman–Crippen MR) is 125 cm³/mol. The number of hydrogen-bond donors (Lipinski definition) is 0. The van der Waals surface area contributed by atoms with Gasteiger partial charge in [0.15, 0.2) is 11.3 Å². The number of aromatic nitrogens is 5. The van der Waals surface area contributed by atoms with E-state index in [1.54, 1.807) is 10.9 Å². The Labute approximate surface area is 188 Å². The summed E-state index contributed by atoms with van der Waals surface area (Å²) in [6, 6.07) is 13.4. The van der Waals surface area contributed by atoms with E-state index in [9.17, 15) is 4.79 Å². The molecule has 1 unspecified atom stereocenters. The first-order valence-electron chi connectivity index (χ1n) is 10.6. The summed E-state index contributed by atoms with van der Waals surface area (Å²) in [5, 5.41) is 1.09. The summed E-state index contributed by atoms with van der Waals surface area (Å²) >= 11 is 6.43. The van der Waals surface area contributed by atoms with Crippen molar-refractivity contribution >= 4 is 44.8 Å². The molecular formula is C24H20ClN5O2. The molecule has 6 rings (SSSR count). The van der Waals surface area contributed by atoms with Gasteiger partial charge in [0.25, 0.3) is 5.56 Å². The molecule has 7 nitrogen and oxygen atoms in total. The van der Waals surface area contributed by atoms with E-state index in [1.807, 2.05) is 54.0 Å². The average molecular weight is 446 g/mol. The van der Waals surface area contributed by atoms with Crippen LogP contribution in [0.1, 0.15) is 18.4 Å². The summed E-state index contributed by atoms with van der Waals surface area (Å²) < 4.78 is 9.23. The first-order chi connectivity index (χ1) is 15.6. The molecule has 5 aromatic rings. The summed E-state index contributed by atoms with van der Waals surface area (Å²) in [5.74, 6) is 0. The Kier molecular flexibility index (Phi) is 4.48. The summed E-state index contributed by atoms with van der Waals surface area (Å²) in [6.07, 6.45) is 3.58. The Hall–Kier alpha value is -3.29. The fourth-order valence-corrected chi connectivity index (χ4v) is 4.55. The minimum Gasteiger partial charge on any atom is -0.376 e. The van der Waals surface area contributed by atoms with E-state index in [0.717, 1.165) is 41.7 Å². The van der Waals surface area contributed by atoms with E-state index in [4.69, 9.17) is 26.3 Å². The van der Waals surface area contributed by atoms with Crippen molar-refractivity contribution in [1.29, 1.82) is 0 Å². The van der Waals surface area contributed by atoms with Crippen LogP contribution in [0.2, 0.25) is 5.02 Å². The molecule has 160 valence electrons. The van der Waals surface area contributed by atoms with E-state index in [2.05, 4.69) is 4.98 Å². The third-order valence-corrected chi connectivity index (χ3v) is 6.48. The van der Waals surface area contributed by atoms with Gasteiger partial charge in [0.1, 0.15) is 17.2 Å². The van der Waals surface area contributed by atoms with Crippen molar-refractivity contribution in [1.82, 2.24) is 24.1 Å². The SMILES string of the molecule is Cc1ccc(-n2c3nc4ccccc4nc3c3c(=O)n(CC4CCCO4)cnc32)cc1Cl. The average Bonchev–Trinajstić information content (AvgIpc) is 3.42. The van der Waals surface area contributed by atoms with Crippen molar-refractivity contribution in [3.05, 3.63) is 69.7 Å². The van der Waals surface area contributed by atoms with Crippen molar-refractivity contribution in [3.8, 4) is 5.69 Å². The van der Waals surface area contributed by atoms with E-state index < -0.39 is 0 Å². The van der Waals surface area contributed by atoms with Gasteiger partial charge in [-0.15, -0.1) is 0 Å². The van der Waals surface area contributed by atoms with E-state index in [-0.39, 0.29) is 11.7 Å². The Morgan fingerprint density at radius 1 is 1.12 bits per heavy atom. The number of fused-ring (bicyclic) bond motifs is 4. The van der Waals surface area contributed by atoms with Crippen LogP contribution in [0.3, 0.4) is 0 Å². The lowest BCUT2D eigenvalue weighted by atomic mass is 10.2. The topological polar surface area (TPSA) is 74.8 Å². The second kappa shape index (κ2) is 7.39. The normalized spacial score (nSPS) is 16.5. The number of hydrogen-bond acceptors (Lipinski definition) is 5. The van der Waals surface area contributed by atoms with Crippen molar-refractivity contribution in [2.75, 3.05) is 6.61 Å². The van der Waals surface area contributed by atoms with E-state index in [1.165, 1.54) is 0 Å². The van der Waals surface area contributed by atoms with Gasteiger partial charge >= 0.3 is 0 Å². The molecule has 0 saturated carbocycles. The zero-order chi connectivity index (χ0) is 21.8. The molecule has 4 heterocycles. The highest BCUT2D eigenvalue weighted by Crippen LogP contribution is 2.30. The third kappa shape index (κ3) is 3.00. The van der Waals surface area contributed by atoms with Gasteiger partial charge in [-0.1, -0.05) is 29.8 Å². The number of halogens is 1. The lowest BCUT2D eigenvalue weighted by molar-refractivity contribution is 0.0960. The minimum absolute atomic E-state index is 0.0307. The van der Waals surface area contributed by atoms with Crippen LogP contribution >= 0.6 is 11.6 Å². The molecule has 0 spiro atoms. The van der Waals surface area contributed by atoms with Crippen LogP contribution in [-0.2, 0) is 11.3 Å². The van der Waals surface area contributed by atoms with Crippen LogP contribution in [0.25, 0.3) is 38.9 Å². The number of rotatable bonds is 3.